The van der Waals surface area contributed by atoms with E-state index < -0.39 is 0 Å². The monoisotopic (exact) mass is 343 g/mol. The Hall–Kier alpha value is -3.40. The van der Waals surface area contributed by atoms with Crippen LogP contribution in [0.15, 0.2) is 72.8 Å². The molecular weight excluding hydrogens is 322 g/mol. The molecule has 0 saturated carbocycles. The number of nitrogens with zero attached hydrogens (tertiary/aromatic N) is 1. The van der Waals surface area contributed by atoms with Gasteiger partial charge in [0.2, 0.25) is 0 Å². The van der Waals surface area contributed by atoms with Gasteiger partial charge in [-0.3, -0.25) is 10.2 Å². The highest BCUT2D eigenvalue weighted by molar-refractivity contribution is 6.16. The van der Waals surface area contributed by atoms with Crippen molar-refractivity contribution in [2.24, 2.45) is 0 Å². The lowest BCUT2D eigenvalue weighted by Crippen LogP contribution is -2.10. The normalized spacial score (nSPS) is 10.4. The first-order valence-electron chi connectivity index (χ1n) is 8.33. The lowest BCUT2D eigenvalue weighted by atomic mass is 9.95. The van der Waals surface area contributed by atoms with Gasteiger partial charge in [0.15, 0.2) is 5.78 Å². The fourth-order valence-corrected chi connectivity index (χ4v) is 2.75. The van der Waals surface area contributed by atoms with Crippen LogP contribution in [-0.2, 0) is 0 Å². The van der Waals surface area contributed by atoms with Gasteiger partial charge in [0.05, 0.1) is 5.71 Å². The standard InChI is InChI=1S/C22H21N3O/c1-25(2)18-11-8-15(9-12-18)21(24)19-14-17(10-13-20(19)23)22(26)16-6-4-3-5-7-16/h3-14,24H,23H2,1-2H3. The molecule has 0 fully saturated rings. The average Bonchev–Trinajstić information content (AvgIpc) is 2.68. The van der Waals surface area contributed by atoms with E-state index in [0.29, 0.717) is 28.1 Å². The molecule has 130 valence electrons. The lowest BCUT2D eigenvalue weighted by molar-refractivity contribution is 0.103. The molecule has 0 aliphatic carbocycles. The van der Waals surface area contributed by atoms with E-state index in [2.05, 4.69) is 0 Å². The van der Waals surface area contributed by atoms with E-state index in [-0.39, 0.29) is 5.78 Å². The van der Waals surface area contributed by atoms with Gasteiger partial charge in [-0.05, 0) is 30.3 Å². The first-order valence-corrected chi connectivity index (χ1v) is 8.33. The van der Waals surface area contributed by atoms with Crippen LogP contribution in [0.5, 0.6) is 0 Å². The number of carbonyl (C=O) groups is 1. The summed E-state index contributed by atoms with van der Waals surface area (Å²) >= 11 is 0. The third kappa shape index (κ3) is 3.49. The van der Waals surface area contributed by atoms with Crippen molar-refractivity contribution in [1.82, 2.24) is 0 Å². The predicted octanol–water partition coefficient (Wildman–Crippen LogP) is 3.98. The third-order valence-corrected chi connectivity index (χ3v) is 4.29. The fourth-order valence-electron chi connectivity index (χ4n) is 2.75. The Bertz CT molecular complexity index is 945. The van der Waals surface area contributed by atoms with Gasteiger partial charge >= 0.3 is 0 Å². The number of carbonyl (C=O) groups excluding carboxylic acids is 1. The van der Waals surface area contributed by atoms with Gasteiger partial charge in [0, 0.05) is 47.7 Å². The second-order valence-corrected chi connectivity index (χ2v) is 6.31. The predicted molar refractivity (Wildman–Crippen MR) is 107 cm³/mol. The van der Waals surface area contributed by atoms with E-state index in [4.69, 9.17) is 11.1 Å². The van der Waals surface area contributed by atoms with Crippen LogP contribution in [0.3, 0.4) is 0 Å². The molecule has 0 aliphatic rings. The Morgan fingerprint density at radius 2 is 1.46 bits per heavy atom. The number of rotatable bonds is 5. The van der Waals surface area contributed by atoms with Gasteiger partial charge in [0.1, 0.15) is 0 Å². The third-order valence-electron chi connectivity index (χ3n) is 4.29. The molecule has 0 atom stereocenters. The minimum atomic E-state index is -0.0809. The average molecular weight is 343 g/mol. The molecule has 0 aromatic heterocycles. The van der Waals surface area contributed by atoms with Crippen LogP contribution in [0.25, 0.3) is 0 Å². The Balaban J connectivity index is 1.95. The van der Waals surface area contributed by atoms with Gasteiger partial charge < -0.3 is 10.6 Å². The molecule has 0 unspecified atom stereocenters. The van der Waals surface area contributed by atoms with E-state index in [1.54, 1.807) is 30.3 Å². The molecule has 3 aromatic carbocycles. The maximum absolute atomic E-state index is 12.7. The van der Waals surface area contributed by atoms with Crippen molar-refractivity contribution < 1.29 is 4.79 Å². The number of ketones is 1. The minimum Gasteiger partial charge on any atom is -0.398 e. The number of hydrogen-bond donors (Lipinski definition) is 2. The van der Waals surface area contributed by atoms with Crippen LogP contribution in [0, 0.1) is 5.41 Å². The summed E-state index contributed by atoms with van der Waals surface area (Å²) in [5.74, 6) is -0.0809. The summed E-state index contributed by atoms with van der Waals surface area (Å²) < 4.78 is 0. The van der Waals surface area contributed by atoms with Crippen LogP contribution in [0.1, 0.15) is 27.0 Å². The summed E-state index contributed by atoms with van der Waals surface area (Å²) in [6.45, 7) is 0. The van der Waals surface area contributed by atoms with Crippen molar-refractivity contribution in [1.29, 1.82) is 5.41 Å². The Morgan fingerprint density at radius 3 is 2.08 bits per heavy atom. The summed E-state index contributed by atoms with van der Waals surface area (Å²) in [6, 6.07) is 21.9. The number of nitrogens with one attached hydrogen (secondary N) is 1. The summed E-state index contributed by atoms with van der Waals surface area (Å²) in [5.41, 5.74) is 10.4. The number of anilines is 2. The Kier molecular flexibility index (Phi) is 4.85. The van der Waals surface area contributed by atoms with E-state index in [1.165, 1.54) is 0 Å². The van der Waals surface area contributed by atoms with Crippen molar-refractivity contribution in [2.45, 2.75) is 0 Å². The second kappa shape index (κ2) is 7.23. The van der Waals surface area contributed by atoms with Crippen LogP contribution in [0.4, 0.5) is 11.4 Å². The number of hydrogen-bond acceptors (Lipinski definition) is 4. The molecule has 26 heavy (non-hydrogen) atoms. The highest BCUT2D eigenvalue weighted by Gasteiger charge is 2.14. The number of benzene rings is 3. The molecule has 4 heteroatoms. The zero-order chi connectivity index (χ0) is 18.7. The molecule has 0 saturated heterocycles. The minimum absolute atomic E-state index is 0.0809. The smallest absolute Gasteiger partial charge is 0.193 e. The molecule has 0 heterocycles. The Morgan fingerprint density at radius 1 is 0.846 bits per heavy atom. The molecule has 3 N–H and O–H groups in total. The maximum Gasteiger partial charge on any atom is 0.193 e. The molecule has 0 radical (unpaired) electrons. The number of nitrogen functional groups attached to an aromatic ring is 1. The molecule has 0 aliphatic heterocycles. The van der Waals surface area contributed by atoms with Crippen molar-refractivity contribution in [2.75, 3.05) is 24.7 Å². The first-order chi connectivity index (χ1) is 12.5. The van der Waals surface area contributed by atoms with Crippen LogP contribution >= 0.6 is 0 Å². The highest BCUT2D eigenvalue weighted by Crippen LogP contribution is 2.22. The van der Waals surface area contributed by atoms with Crippen LogP contribution in [-0.4, -0.2) is 25.6 Å². The summed E-state index contributed by atoms with van der Waals surface area (Å²) in [7, 11) is 3.94. The maximum atomic E-state index is 12.7. The summed E-state index contributed by atoms with van der Waals surface area (Å²) in [6.07, 6.45) is 0. The van der Waals surface area contributed by atoms with Crippen molar-refractivity contribution in [3.63, 3.8) is 0 Å². The fraction of sp³-hybridized carbons (Fsp3) is 0.0909. The van der Waals surface area contributed by atoms with Crippen LogP contribution < -0.4 is 10.6 Å². The zero-order valence-corrected chi connectivity index (χ0v) is 14.9. The van der Waals surface area contributed by atoms with Gasteiger partial charge in [-0.2, -0.15) is 0 Å². The molecule has 4 nitrogen and oxygen atoms in total. The summed E-state index contributed by atoms with van der Waals surface area (Å²) in [5, 5.41) is 8.53. The molecule has 3 rings (SSSR count). The van der Waals surface area contributed by atoms with Gasteiger partial charge in [-0.15, -0.1) is 0 Å². The first kappa shape index (κ1) is 17.4. The van der Waals surface area contributed by atoms with Gasteiger partial charge in [0.25, 0.3) is 0 Å². The highest BCUT2D eigenvalue weighted by atomic mass is 16.1. The topological polar surface area (TPSA) is 70.2 Å². The van der Waals surface area contributed by atoms with Crippen LogP contribution in [0.2, 0.25) is 0 Å². The molecule has 0 bridgehead atoms. The lowest BCUT2D eigenvalue weighted by Gasteiger charge is -2.14. The van der Waals surface area contributed by atoms with E-state index in [9.17, 15) is 4.79 Å². The largest absolute Gasteiger partial charge is 0.398 e. The summed E-state index contributed by atoms with van der Waals surface area (Å²) in [4.78, 5) is 14.7. The van der Waals surface area contributed by atoms with Crippen molar-refractivity contribution in [3.05, 3.63) is 95.1 Å². The van der Waals surface area contributed by atoms with Crippen molar-refractivity contribution in [3.8, 4) is 0 Å². The zero-order valence-electron chi connectivity index (χ0n) is 14.9. The second-order valence-electron chi connectivity index (χ2n) is 6.31. The van der Waals surface area contributed by atoms with Gasteiger partial charge in [-0.1, -0.05) is 42.5 Å². The van der Waals surface area contributed by atoms with Crippen molar-refractivity contribution >= 4 is 22.9 Å². The SMILES string of the molecule is CN(C)c1ccc(C(=N)c2cc(C(=O)c3ccccc3)ccc2N)cc1. The van der Waals surface area contributed by atoms with E-state index in [0.717, 1.165) is 11.3 Å². The Labute approximate surface area is 153 Å². The van der Waals surface area contributed by atoms with E-state index >= 15 is 0 Å². The molecule has 0 spiro atoms. The molecule has 3 aromatic rings. The van der Waals surface area contributed by atoms with E-state index in [1.807, 2.05) is 61.5 Å². The number of nitrogens with two attached hydrogens (primary N) is 1. The molecule has 0 amide bonds. The molecular formula is C22H21N3O. The van der Waals surface area contributed by atoms with Gasteiger partial charge in [-0.25, -0.2) is 0 Å². The quantitative estimate of drug-likeness (QED) is 0.418.